The Balaban J connectivity index is 1.79. The number of hydrogen-bond acceptors (Lipinski definition) is 7. The molecule has 1 fully saturated rings. The zero-order chi connectivity index (χ0) is 25.6. The quantitative estimate of drug-likeness (QED) is 0.223. The molecule has 1 atom stereocenters. The number of hydrogen-bond donors (Lipinski definition) is 1. The average Bonchev–Trinajstić information content (AvgIpc) is 3.40. The summed E-state index contributed by atoms with van der Waals surface area (Å²) >= 11 is 1.07. The number of aromatic nitrogens is 1. The number of methoxy groups -OCH3 is 2. The van der Waals surface area contributed by atoms with E-state index >= 15 is 0 Å². The molecule has 1 unspecified atom stereocenters. The first kappa shape index (κ1) is 23.5. The fourth-order valence-corrected chi connectivity index (χ4v) is 5.32. The summed E-state index contributed by atoms with van der Waals surface area (Å²) < 4.78 is 25.4. The molecule has 1 aliphatic rings. The predicted octanol–water partition coefficient (Wildman–Crippen LogP) is 5.39. The monoisotopic (exact) mass is 504 g/mol. The Bertz CT molecular complexity index is 1540. The second-order valence-corrected chi connectivity index (χ2v) is 9.24. The Morgan fingerprint density at radius 3 is 2.50 bits per heavy atom. The predicted molar refractivity (Wildman–Crippen MR) is 135 cm³/mol. The molecule has 0 radical (unpaired) electrons. The zero-order valence-corrected chi connectivity index (χ0v) is 20.4. The third kappa shape index (κ3) is 3.77. The minimum Gasteiger partial charge on any atom is -0.507 e. The molecular formula is C27H21FN2O5S. The SMILES string of the molecule is COc1cccc(C2C(=C(O)c3ccc(C)cc3)C(=O)C(=O)N2c2nc3ccc(F)cc3s2)c1OC. The van der Waals surface area contributed by atoms with Gasteiger partial charge in [-0.1, -0.05) is 53.3 Å². The van der Waals surface area contributed by atoms with Gasteiger partial charge in [-0.25, -0.2) is 9.37 Å². The van der Waals surface area contributed by atoms with E-state index in [4.69, 9.17) is 9.47 Å². The zero-order valence-electron chi connectivity index (χ0n) is 19.6. The molecule has 2 heterocycles. The molecule has 9 heteroatoms. The molecule has 182 valence electrons. The molecule has 1 N–H and O–H groups in total. The van der Waals surface area contributed by atoms with E-state index in [1.165, 1.54) is 37.3 Å². The van der Waals surface area contributed by atoms with E-state index in [1.54, 1.807) is 42.5 Å². The van der Waals surface area contributed by atoms with Crippen molar-refractivity contribution in [1.82, 2.24) is 4.98 Å². The van der Waals surface area contributed by atoms with Gasteiger partial charge in [-0.15, -0.1) is 0 Å². The largest absolute Gasteiger partial charge is 0.507 e. The van der Waals surface area contributed by atoms with Gasteiger partial charge in [0.2, 0.25) is 0 Å². The molecule has 1 aliphatic heterocycles. The van der Waals surface area contributed by atoms with Gasteiger partial charge in [-0.05, 0) is 31.2 Å². The topological polar surface area (TPSA) is 89.0 Å². The smallest absolute Gasteiger partial charge is 0.301 e. The van der Waals surface area contributed by atoms with Crippen LogP contribution in [-0.2, 0) is 9.59 Å². The maximum Gasteiger partial charge on any atom is 0.301 e. The van der Waals surface area contributed by atoms with Crippen LogP contribution in [0.2, 0.25) is 0 Å². The van der Waals surface area contributed by atoms with E-state index in [-0.39, 0.29) is 16.5 Å². The van der Waals surface area contributed by atoms with Gasteiger partial charge in [0, 0.05) is 11.1 Å². The van der Waals surface area contributed by atoms with Crippen LogP contribution in [0.4, 0.5) is 9.52 Å². The van der Waals surface area contributed by atoms with Gasteiger partial charge in [-0.3, -0.25) is 14.5 Å². The van der Waals surface area contributed by atoms with E-state index in [0.29, 0.717) is 32.8 Å². The number of carbonyl (C=O) groups excluding carboxylic acids is 2. The molecular weight excluding hydrogens is 483 g/mol. The second-order valence-electron chi connectivity index (χ2n) is 8.23. The van der Waals surface area contributed by atoms with E-state index in [0.717, 1.165) is 16.9 Å². The summed E-state index contributed by atoms with van der Waals surface area (Å²) in [6, 6.07) is 15.1. The Morgan fingerprint density at radius 2 is 1.81 bits per heavy atom. The van der Waals surface area contributed by atoms with Gasteiger partial charge in [0.15, 0.2) is 16.6 Å². The van der Waals surface area contributed by atoms with Gasteiger partial charge in [0.25, 0.3) is 5.78 Å². The lowest BCUT2D eigenvalue weighted by Crippen LogP contribution is -2.29. The molecule has 4 aromatic rings. The number of anilines is 1. The Kier molecular flexibility index (Phi) is 5.93. The maximum atomic E-state index is 13.8. The van der Waals surface area contributed by atoms with Crippen molar-refractivity contribution in [3.63, 3.8) is 0 Å². The van der Waals surface area contributed by atoms with Crippen LogP contribution in [0.25, 0.3) is 16.0 Å². The van der Waals surface area contributed by atoms with Crippen LogP contribution < -0.4 is 14.4 Å². The highest BCUT2D eigenvalue weighted by molar-refractivity contribution is 7.22. The van der Waals surface area contributed by atoms with Gasteiger partial charge < -0.3 is 14.6 Å². The summed E-state index contributed by atoms with van der Waals surface area (Å²) in [5.74, 6) is -1.80. The molecule has 1 saturated heterocycles. The summed E-state index contributed by atoms with van der Waals surface area (Å²) in [7, 11) is 2.93. The molecule has 0 saturated carbocycles. The van der Waals surface area contributed by atoms with E-state index in [1.807, 2.05) is 6.92 Å². The highest BCUT2D eigenvalue weighted by Gasteiger charge is 2.49. The number of aliphatic hydroxyl groups is 1. The lowest BCUT2D eigenvalue weighted by Gasteiger charge is -2.25. The summed E-state index contributed by atoms with van der Waals surface area (Å²) in [6.45, 7) is 1.90. The van der Waals surface area contributed by atoms with E-state index in [9.17, 15) is 19.1 Å². The standard InChI is InChI=1S/C27H21FN2O5S/c1-14-7-9-15(10-8-14)23(31)21-22(17-5-4-6-19(34-2)25(17)35-3)30(26(33)24(21)32)27-29-18-12-11-16(28)13-20(18)36-27/h4-13,22,31H,1-3H3. The Labute approximate surface area is 210 Å². The Hall–Kier alpha value is -4.24. The number of para-hydroxylation sites is 1. The molecule has 0 bridgehead atoms. The number of fused-ring (bicyclic) bond motifs is 1. The van der Waals surface area contributed by atoms with Crippen molar-refractivity contribution in [1.29, 1.82) is 0 Å². The summed E-state index contributed by atoms with van der Waals surface area (Å²) in [5.41, 5.74) is 2.15. The molecule has 1 amide bonds. The summed E-state index contributed by atoms with van der Waals surface area (Å²) in [4.78, 5) is 32.6. The number of ether oxygens (including phenoxy) is 2. The van der Waals surface area contributed by atoms with Crippen LogP contribution in [0.15, 0.2) is 66.2 Å². The van der Waals surface area contributed by atoms with Crippen molar-refractivity contribution >= 4 is 44.1 Å². The number of carbonyl (C=O) groups is 2. The number of ketones is 1. The minimum absolute atomic E-state index is 0.110. The maximum absolute atomic E-state index is 13.8. The van der Waals surface area contributed by atoms with Crippen LogP contribution >= 0.6 is 11.3 Å². The van der Waals surface area contributed by atoms with Gasteiger partial charge in [0.05, 0.1) is 30.0 Å². The number of aliphatic hydroxyl groups excluding tert-OH is 1. The molecule has 0 aliphatic carbocycles. The highest BCUT2D eigenvalue weighted by atomic mass is 32.1. The molecule has 3 aromatic carbocycles. The number of Topliss-reactive ketones (excluding diaryl/α,β-unsaturated/α-hetero) is 1. The lowest BCUT2D eigenvalue weighted by molar-refractivity contribution is -0.132. The van der Waals surface area contributed by atoms with E-state index in [2.05, 4.69) is 4.98 Å². The molecule has 0 spiro atoms. The first-order chi connectivity index (χ1) is 17.3. The van der Waals surface area contributed by atoms with Gasteiger partial charge in [0.1, 0.15) is 17.6 Å². The van der Waals surface area contributed by atoms with Crippen LogP contribution in [0.3, 0.4) is 0 Å². The third-order valence-corrected chi connectivity index (χ3v) is 7.06. The minimum atomic E-state index is -1.07. The number of amides is 1. The van der Waals surface area contributed by atoms with Crippen molar-refractivity contribution in [3.05, 3.63) is 88.7 Å². The van der Waals surface area contributed by atoms with Crippen LogP contribution in [0.1, 0.15) is 22.7 Å². The van der Waals surface area contributed by atoms with Crippen molar-refractivity contribution in [2.24, 2.45) is 0 Å². The molecule has 7 nitrogen and oxygen atoms in total. The van der Waals surface area contributed by atoms with Crippen molar-refractivity contribution in [3.8, 4) is 11.5 Å². The number of nitrogens with zero attached hydrogens (tertiary/aromatic N) is 2. The van der Waals surface area contributed by atoms with Crippen molar-refractivity contribution in [2.45, 2.75) is 13.0 Å². The van der Waals surface area contributed by atoms with Gasteiger partial charge >= 0.3 is 5.91 Å². The van der Waals surface area contributed by atoms with E-state index < -0.39 is 23.5 Å². The number of rotatable bonds is 5. The van der Waals surface area contributed by atoms with Crippen LogP contribution in [0.5, 0.6) is 11.5 Å². The first-order valence-corrected chi connectivity index (χ1v) is 11.8. The number of aryl methyl sites for hydroxylation is 1. The summed E-state index contributed by atoms with van der Waals surface area (Å²) in [5, 5.41) is 11.5. The van der Waals surface area contributed by atoms with Crippen molar-refractivity contribution in [2.75, 3.05) is 19.1 Å². The fraction of sp³-hybridized carbons (Fsp3) is 0.148. The van der Waals surface area contributed by atoms with Crippen LogP contribution in [0, 0.1) is 12.7 Å². The molecule has 1 aromatic heterocycles. The first-order valence-electron chi connectivity index (χ1n) is 11.0. The van der Waals surface area contributed by atoms with Crippen LogP contribution in [-0.4, -0.2) is 36.0 Å². The number of halogens is 1. The second kappa shape index (κ2) is 9.09. The fourth-order valence-electron chi connectivity index (χ4n) is 4.31. The molecule has 36 heavy (non-hydrogen) atoms. The summed E-state index contributed by atoms with van der Waals surface area (Å²) in [6.07, 6.45) is 0. The lowest BCUT2D eigenvalue weighted by atomic mass is 9.94. The highest BCUT2D eigenvalue weighted by Crippen LogP contribution is 2.48. The number of thiazole rings is 1. The average molecular weight is 505 g/mol. The number of benzene rings is 3. The molecule has 5 rings (SSSR count). The normalized spacial score (nSPS) is 17.1. The third-order valence-electron chi connectivity index (χ3n) is 6.04. The van der Waals surface area contributed by atoms with Crippen molar-refractivity contribution < 1.29 is 28.6 Å². The van der Waals surface area contributed by atoms with Gasteiger partial charge in [-0.2, -0.15) is 0 Å². The Morgan fingerprint density at radius 1 is 1.06 bits per heavy atom.